The van der Waals surface area contributed by atoms with Crippen LogP contribution in [0.25, 0.3) is 33.4 Å². The van der Waals surface area contributed by atoms with E-state index in [1.54, 1.807) is 33.9 Å². The number of ketones is 3. The Balaban J connectivity index is 0.587. The highest BCUT2D eigenvalue weighted by Crippen LogP contribution is 2.36. The van der Waals surface area contributed by atoms with Gasteiger partial charge in [0.2, 0.25) is 11.7 Å². The lowest BCUT2D eigenvalue weighted by atomic mass is 9.82. The summed E-state index contributed by atoms with van der Waals surface area (Å²) in [6, 6.07) is 11.3. The van der Waals surface area contributed by atoms with Crippen molar-refractivity contribution in [3.63, 3.8) is 0 Å². The fraction of sp³-hybridized carbons (Fsp3) is 0.629. The van der Waals surface area contributed by atoms with Crippen molar-refractivity contribution in [2.24, 2.45) is 29.4 Å². The van der Waals surface area contributed by atoms with Crippen LogP contribution < -0.4 is 22.5 Å². The Morgan fingerprint density at radius 3 is 2.03 bits per heavy atom. The van der Waals surface area contributed by atoms with Gasteiger partial charge in [0.1, 0.15) is 35.2 Å². The van der Waals surface area contributed by atoms with Crippen LogP contribution in [-0.2, 0) is 105 Å². The van der Waals surface area contributed by atoms with Crippen LogP contribution in [0.5, 0.6) is 0 Å². The number of piperidine rings is 1. The third-order valence-electron chi connectivity index (χ3n) is 22.7. The number of ether oxygens (including phenoxy) is 12. The van der Waals surface area contributed by atoms with E-state index in [1.807, 2.05) is 65.9 Å². The van der Waals surface area contributed by atoms with Crippen molar-refractivity contribution in [3.05, 3.63) is 107 Å². The minimum atomic E-state index is -2.18. The van der Waals surface area contributed by atoms with Crippen molar-refractivity contribution < 1.29 is 110 Å². The van der Waals surface area contributed by atoms with Crippen LogP contribution in [0, 0.1) is 23.7 Å². The summed E-state index contributed by atoms with van der Waals surface area (Å²) in [5, 5.41) is 41.2. The number of nitrogen functional groups attached to an aromatic ring is 2. The molecule has 3 fully saturated rings. The second kappa shape index (κ2) is 51.6. The van der Waals surface area contributed by atoms with Gasteiger partial charge in [0.15, 0.2) is 29.2 Å². The van der Waals surface area contributed by atoms with E-state index in [9.17, 15) is 48.9 Å². The second-order valence-corrected chi connectivity index (χ2v) is 32.2. The number of Topliss-reactive ketones (excluding diaryl/α,β-unsaturated/α-hetero) is 3. The number of alkyl carbamates (subject to hydrolysis) is 1. The first-order valence-corrected chi connectivity index (χ1v) is 43.2. The molecule has 1 unspecified atom stereocenters. The lowest BCUT2D eigenvalue weighted by molar-refractivity contribution is -0.244. The van der Waals surface area contributed by atoms with E-state index >= 15 is 0 Å². The summed E-state index contributed by atoms with van der Waals surface area (Å²) >= 11 is 0. The van der Waals surface area contributed by atoms with Crippen molar-refractivity contribution >= 4 is 75.7 Å². The summed E-state index contributed by atoms with van der Waals surface area (Å²) in [4.78, 5) is 109. The van der Waals surface area contributed by atoms with Crippen LogP contribution in [0.2, 0.25) is 0 Å². The summed E-state index contributed by atoms with van der Waals surface area (Å²) in [5.41, 5.74) is 26.3. The number of hydrogen-bond acceptors (Lipinski definition) is 30. The lowest BCUT2D eigenvalue weighted by Crippen LogP contribution is -2.55. The zero-order valence-corrected chi connectivity index (χ0v) is 72.2. The maximum absolute atomic E-state index is 14.1. The number of hydrogen-bond donors (Lipinski definition) is 7. The number of methoxy groups -OCH3 is 1. The van der Waals surface area contributed by atoms with Crippen LogP contribution in [-0.4, -0.2) is 279 Å². The Kier molecular flexibility index (Phi) is 41.1. The number of benzene rings is 2. The van der Waals surface area contributed by atoms with Gasteiger partial charge in [-0.05, 0) is 149 Å². The number of allylic oxidation sites excluding steroid dienone is 6. The van der Waals surface area contributed by atoms with Gasteiger partial charge in [-0.2, -0.15) is 10.1 Å². The van der Waals surface area contributed by atoms with E-state index in [0.29, 0.717) is 197 Å². The van der Waals surface area contributed by atoms with Gasteiger partial charge in [-0.15, -0.1) is 0 Å². The molecule has 3 amide bonds. The predicted octanol–water partition coefficient (Wildman–Crippen LogP) is 7.60. The highest BCUT2D eigenvalue weighted by Gasteiger charge is 2.47. The maximum atomic E-state index is 14.1. The number of likely N-dealkylation sites (tertiary alicyclic amines) is 1. The number of amides is 3. The first-order valence-electron chi connectivity index (χ1n) is 43.2. The maximum Gasteiger partial charge on any atom is 0.407 e. The standard InChI is InChI=1S/C89H129N11O23/c1-59(14-9-7-10-15-60(2)75(111-6)53-70-16-13-27-89(110,123-70)83(107)86(108)98-29-11-8-12-30-98)48-62(4)80(105)81(106)82(63(5)49-61(3)73(103)54-76(120-58-101)71(90)51-64-18-22-69(102)23-19-64)122-88(109)93-28-33-113-35-37-115-39-41-117-43-45-119-47-46-118-44-42-116-40-38-114-36-34-112-32-26-77(104)99-31-25-66-50-65(17-20-68(66)56-99)55-100-85-78(84(91)94-57-95-85)79(97-100)67-21-24-74-72(52-67)96-87(92)121-74/h7,9-10,14-15,17,20-21,24,49-50,52,57-59,61-62,64,69-71,75-76,81-82,102,106,110H,8,11-13,16,18-19,22-23,25-48,51,53-56,90H2,1-6H3,(H2,92,96)(H,93,109)(H2,91,94,95)/b10-7+,14-9+,60-15+,63-49+/t59-,61-,62?,64?,69?,70+,71-,75+,76+,81+,82-,89-/m1/s1. The molecule has 1 saturated carbocycles. The van der Waals surface area contributed by atoms with Gasteiger partial charge in [0.25, 0.3) is 24.2 Å². The quantitative estimate of drug-likeness (QED) is 0.00647. The number of aliphatic hydroxyl groups is 3. The van der Waals surface area contributed by atoms with Gasteiger partial charge >= 0.3 is 6.09 Å². The number of aromatic nitrogens is 5. The Morgan fingerprint density at radius 2 is 1.38 bits per heavy atom. The Labute approximate surface area is 719 Å². The third kappa shape index (κ3) is 31.4. The molecular weight excluding hydrogens is 1590 g/mol. The molecule has 5 aromatic rings. The normalized spacial score (nSPS) is 20.0. The number of aliphatic hydroxyl groups excluding tert-OH is 2. The summed E-state index contributed by atoms with van der Waals surface area (Å²) in [7, 11) is 1.57. The first-order chi connectivity index (χ1) is 59.4. The van der Waals surface area contributed by atoms with Gasteiger partial charge in [-0.1, -0.05) is 75.4 Å². The molecule has 34 nitrogen and oxygen atoms in total. The van der Waals surface area contributed by atoms with E-state index in [2.05, 4.69) is 38.5 Å². The van der Waals surface area contributed by atoms with E-state index in [0.717, 1.165) is 60.8 Å². The highest BCUT2D eigenvalue weighted by atomic mass is 16.6. The lowest BCUT2D eigenvalue weighted by Gasteiger charge is -2.38. The van der Waals surface area contributed by atoms with E-state index in [1.165, 1.54) is 22.9 Å². The van der Waals surface area contributed by atoms with Crippen LogP contribution in [0.4, 0.5) is 16.6 Å². The molecule has 10 atom stereocenters. The predicted molar refractivity (Wildman–Crippen MR) is 456 cm³/mol. The molecule has 123 heavy (non-hydrogen) atoms. The minimum Gasteiger partial charge on any atom is -0.462 e. The zero-order chi connectivity index (χ0) is 88.1. The molecule has 0 radical (unpaired) electrons. The van der Waals surface area contributed by atoms with Crippen LogP contribution in [0.1, 0.15) is 148 Å². The number of rotatable bonds is 55. The molecule has 2 aromatic carbocycles. The molecule has 3 aromatic heterocycles. The topological polar surface area (TPSA) is 457 Å². The fourth-order valence-corrected chi connectivity index (χ4v) is 15.8. The van der Waals surface area contributed by atoms with E-state index in [4.69, 9.17) is 83.6 Å². The average Bonchev–Trinajstić information content (AvgIpc) is 1.62. The molecule has 0 spiro atoms. The summed E-state index contributed by atoms with van der Waals surface area (Å²) in [6.07, 6.45) is 14.3. The molecule has 4 aliphatic rings. The Bertz CT molecular complexity index is 4290. The molecule has 34 heteroatoms. The van der Waals surface area contributed by atoms with Gasteiger partial charge in [-0.3, -0.25) is 28.8 Å². The Hall–Kier alpha value is -8.85. The molecule has 9 rings (SSSR count). The molecule has 1 aliphatic carbocycles. The molecule has 2 saturated heterocycles. The van der Waals surface area contributed by atoms with E-state index in [-0.39, 0.29) is 93.3 Å². The van der Waals surface area contributed by atoms with Gasteiger partial charge in [0, 0.05) is 82.5 Å². The number of nitrogens with two attached hydrogens (primary N) is 3. The van der Waals surface area contributed by atoms with Crippen LogP contribution in [0.15, 0.2) is 94.7 Å². The number of fused-ring (bicyclic) bond motifs is 3. The van der Waals surface area contributed by atoms with Crippen LogP contribution >= 0.6 is 0 Å². The largest absolute Gasteiger partial charge is 0.462 e. The number of carbonyl (C=O) groups excluding carboxylic acids is 7. The van der Waals surface area contributed by atoms with Crippen molar-refractivity contribution in [2.75, 3.05) is 150 Å². The number of nitrogens with one attached hydrogen (secondary N) is 1. The molecule has 6 heterocycles. The molecule has 0 bridgehead atoms. The summed E-state index contributed by atoms with van der Waals surface area (Å²) in [6.45, 7) is 16.8. The van der Waals surface area contributed by atoms with Crippen LogP contribution in [0.3, 0.4) is 0 Å². The fourth-order valence-electron chi connectivity index (χ4n) is 15.8. The van der Waals surface area contributed by atoms with Gasteiger partial charge in [-0.25, -0.2) is 19.4 Å². The van der Waals surface area contributed by atoms with E-state index < -0.39 is 77.8 Å². The number of anilines is 2. The van der Waals surface area contributed by atoms with Crippen molar-refractivity contribution in [1.82, 2.24) is 39.8 Å². The van der Waals surface area contributed by atoms with Crippen molar-refractivity contribution in [1.29, 1.82) is 0 Å². The number of carbonyl (C=O) groups is 7. The minimum absolute atomic E-state index is 0.0119. The van der Waals surface area contributed by atoms with Crippen molar-refractivity contribution in [3.8, 4) is 11.3 Å². The van der Waals surface area contributed by atoms with Crippen molar-refractivity contribution in [2.45, 2.75) is 199 Å². The highest BCUT2D eigenvalue weighted by molar-refractivity contribution is 6.38. The molecular formula is C89H129N11O23. The number of oxazole rings is 1. The number of nitrogens with zero attached hydrogens (tertiary/aromatic N) is 7. The average molecular weight is 1720 g/mol. The second-order valence-electron chi connectivity index (χ2n) is 32.2. The molecule has 3 aliphatic heterocycles. The van der Waals surface area contributed by atoms with Gasteiger partial charge < -0.3 is 109 Å². The summed E-state index contributed by atoms with van der Waals surface area (Å²) in [5.74, 6) is -5.88. The third-order valence-corrected chi connectivity index (χ3v) is 22.7. The molecule has 678 valence electrons. The molecule has 10 N–H and O–H groups in total. The SMILES string of the molecule is CO[C@@H](C[C@@H]1CCC[C@](O)(C(=O)C(=O)N2CCCCC2)O1)/C(C)=C/C=C/C=C/[C@@H](C)CC(C)C(=O)[C@H](O)[C@H](OC(=O)NCCOCCOCCOCCOCCOCCOCCOCCOCCC(=O)N1CCc2cc(Cn3nc(-c4ccc5oc(N)nc5c4)c4c(N)ncnc43)ccc2C1)/C(C)=C/[C@@H](C)C(=O)C[C@H](OC=O)[C@H](N)CC1CCC(O)CC1. The summed E-state index contributed by atoms with van der Waals surface area (Å²) < 4.78 is 75.2. The monoisotopic (exact) mass is 1720 g/mol. The smallest absolute Gasteiger partial charge is 0.407 e. The first kappa shape index (κ1) is 97.9. The zero-order valence-electron chi connectivity index (χ0n) is 72.2. The Morgan fingerprint density at radius 1 is 0.732 bits per heavy atom. The van der Waals surface area contributed by atoms with Gasteiger partial charge in [0.05, 0.1) is 142 Å².